The third-order valence-corrected chi connectivity index (χ3v) is 6.17. The van der Waals surface area contributed by atoms with Crippen LogP contribution < -0.4 is 5.32 Å². The van der Waals surface area contributed by atoms with Gasteiger partial charge in [-0.3, -0.25) is 4.90 Å². The number of hydrogen-bond acceptors (Lipinski definition) is 4. The van der Waals surface area contributed by atoms with Crippen molar-refractivity contribution < 1.29 is 0 Å². The molecule has 0 saturated carbocycles. The van der Waals surface area contributed by atoms with Gasteiger partial charge in [0.1, 0.15) is 11.9 Å². The molecule has 4 nitrogen and oxygen atoms in total. The average Bonchev–Trinajstić information content (AvgIpc) is 3.33. The number of nitrogens with one attached hydrogen (secondary N) is 1. The topological polar surface area (TPSA) is 41.0 Å². The molecule has 1 saturated heterocycles. The van der Waals surface area contributed by atoms with Gasteiger partial charge < -0.3 is 5.32 Å². The Bertz CT molecular complexity index is 901. The largest absolute Gasteiger partial charge is 0.364 e. The fourth-order valence-electron chi connectivity index (χ4n) is 4.59. The molecule has 3 heterocycles. The Balaban J connectivity index is 1.65. The zero-order valence-corrected chi connectivity index (χ0v) is 15.8. The highest BCUT2D eigenvalue weighted by atomic mass is 35.5. The van der Waals surface area contributed by atoms with Crippen LogP contribution in [0, 0.1) is 0 Å². The van der Waals surface area contributed by atoms with Crippen molar-refractivity contribution in [1.29, 1.82) is 0 Å². The molecule has 3 aliphatic rings. The predicted molar refractivity (Wildman–Crippen MR) is 106 cm³/mol. The van der Waals surface area contributed by atoms with Gasteiger partial charge in [-0.25, -0.2) is 0 Å². The molecular weight excluding hydrogens is 344 g/mol. The molecule has 2 aromatic rings. The maximum Gasteiger partial charge on any atom is 0.125 e. The van der Waals surface area contributed by atoms with Crippen LogP contribution in [0.5, 0.6) is 0 Å². The van der Waals surface area contributed by atoms with Crippen molar-refractivity contribution in [2.24, 2.45) is 0 Å². The molecule has 5 heteroatoms. The number of likely N-dealkylation sites (tertiary alicyclic amines) is 1. The number of halogens is 1. The summed E-state index contributed by atoms with van der Waals surface area (Å²) in [5.41, 5.74) is 8.43. The second kappa shape index (κ2) is 6.07. The smallest absolute Gasteiger partial charge is 0.125 e. The summed E-state index contributed by atoms with van der Waals surface area (Å²) in [4.78, 5) is 2.52. The maximum absolute atomic E-state index is 6.43. The highest BCUT2D eigenvalue weighted by Crippen LogP contribution is 2.52. The fraction of sp³-hybridized carbons (Fsp3) is 0.429. The Hall–Kier alpha value is -1.91. The van der Waals surface area contributed by atoms with E-state index < -0.39 is 0 Å². The van der Waals surface area contributed by atoms with Crippen LogP contribution in [0.1, 0.15) is 66.2 Å². The van der Waals surface area contributed by atoms with Crippen LogP contribution in [0.3, 0.4) is 0 Å². The van der Waals surface area contributed by atoms with Crippen LogP contribution in [0.15, 0.2) is 24.9 Å². The number of fused-ring (bicyclic) bond motifs is 2. The zero-order valence-electron chi connectivity index (χ0n) is 15.1. The monoisotopic (exact) mass is 366 g/mol. The van der Waals surface area contributed by atoms with Gasteiger partial charge >= 0.3 is 0 Å². The Morgan fingerprint density at radius 2 is 2.08 bits per heavy atom. The molecule has 5 rings (SSSR count). The first-order valence-electron chi connectivity index (χ1n) is 9.47. The van der Waals surface area contributed by atoms with Crippen molar-refractivity contribution in [3.63, 3.8) is 0 Å². The number of rotatable bonds is 2. The normalized spacial score (nSPS) is 23.9. The Kier molecular flexibility index (Phi) is 3.80. The van der Waals surface area contributed by atoms with Gasteiger partial charge in [0.05, 0.1) is 6.20 Å². The lowest BCUT2D eigenvalue weighted by atomic mass is 9.95. The quantitative estimate of drug-likeness (QED) is 0.831. The van der Waals surface area contributed by atoms with E-state index in [1.807, 2.05) is 19.2 Å². The molecule has 1 fully saturated rings. The number of hydrogen-bond donors (Lipinski definition) is 1. The van der Waals surface area contributed by atoms with Crippen LogP contribution >= 0.6 is 11.6 Å². The van der Waals surface area contributed by atoms with E-state index >= 15 is 0 Å². The molecule has 1 aromatic heterocycles. The van der Waals surface area contributed by atoms with Crippen LogP contribution in [0.2, 0.25) is 5.02 Å². The van der Waals surface area contributed by atoms with Gasteiger partial charge in [-0.15, -0.1) is 0 Å². The molecule has 134 valence electrons. The third kappa shape index (κ3) is 2.55. The number of piperidine rings is 1. The molecule has 26 heavy (non-hydrogen) atoms. The summed E-state index contributed by atoms with van der Waals surface area (Å²) in [5, 5.41) is 13.5. The molecule has 0 radical (unpaired) electrons. The van der Waals surface area contributed by atoms with Crippen LogP contribution in [0.4, 0.5) is 5.69 Å². The lowest BCUT2D eigenvalue weighted by Crippen LogP contribution is -2.39. The number of nitrogens with zero attached hydrogens (tertiary/aromatic N) is 3. The number of anilines is 1. The highest BCUT2D eigenvalue weighted by Gasteiger charge is 2.43. The van der Waals surface area contributed by atoms with Crippen molar-refractivity contribution in [2.75, 3.05) is 18.4 Å². The second-order valence-corrected chi connectivity index (χ2v) is 8.20. The summed E-state index contributed by atoms with van der Waals surface area (Å²) in [7, 11) is 0. The van der Waals surface area contributed by atoms with Gasteiger partial charge in [0.25, 0.3) is 0 Å². The Morgan fingerprint density at radius 1 is 1.27 bits per heavy atom. The van der Waals surface area contributed by atoms with Crippen molar-refractivity contribution in [3.8, 4) is 0 Å². The van der Waals surface area contributed by atoms with Gasteiger partial charge in [0, 0.05) is 35.3 Å². The predicted octanol–water partition coefficient (Wildman–Crippen LogP) is 4.76. The minimum atomic E-state index is 0.0704. The number of benzene rings is 1. The van der Waals surface area contributed by atoms with Gasteiger partial charge in [-0.05, 0) is 60.6 Å². The summed E-state index contributed by atoms with van der Waals surface area (Å²) in [6.45, 7) is 8.42. The van der Waals surface area contributed by atoms with Crippen LogP contribution in [-0.2, 0) is 6.42 Å². The summed E-state index contributed by atoms with van der Waals surface area (Å²) in [6.07, 6.45) is 6.75. The van der Waals surface area contributed by atoms with Crippen molar-refractivity contribution in [2.45, 2.75) is 44.7 Å². The second-order valence-electron chi connectivity index (χ2n) is 7.77. The molecule has 2 unspecified atom stereocenters. The molecule has 1 aliphatic carbocycles. The standard InChI is InChI=1S/C21H23ClN4/c1-12(2)15-10-14(22)8-13-9-16-17-11-23-25-20(18(16)17)21(24-19(13)15)26-6-4-3-5-7-26/h8,10-11,16,21,24H,1,3-7,9H2,2H3. The van der Waals surface area contributed by atoms with E-state index in [1.165, 1.54) is 36.0 Å². The molecule has 2 atom stereocenters. The van der Waals surface area contributed by atoms with Crippen molar-refractivity contribution >= 4 is 22.9 Å². The average molecular weight is 367 g/mol. The summed E-state index contributed by atoms with van der Waals surface area (Å²) < 4.78 is 0. The first-order chi connectivity index (χ1) is 12.6. The van der Waals surface area contributed by atoms with E-state index in [4.69, 9.17) is 11.6 Å². The van der Waals surface area contributed by atoms with E-state index in [0.717, 1.165) is 47.1 Å². The van der Waals surface area contributed by atoms with E-state index in [1.54, 1.807) is 0 Å². The van der Waals surface area contributed by atoms with E-state index in [-0.39, 0.29) is 6.17 Å². The lowest BCUT2D eigenvalue weighted by molar-refractivity contribution is 0.176. The SMILES string of the molecule is C=C(C)c1cc(Cl)cc2c1NC(N1CCCCC1)c1nncc3c1C3C2. The summed E-state index contributed by atoms with van der Waals surface area (Å²) in [6, 6.07) is 4.13. The van der Waals surface area contributed by atoms with Gasteiger partial charge in [-0.1, -0.05) is 24.6 Å². The molecule has 1 aromatic carbocycles. The molecule has 2 aliphatic heterocycles. The van der Waals surface area contributed by atoms with Gasteiger partial charge in [0.2, 0.25) is 0 Å². The maximum atomic E-state index is 6.43. The Labute approximate surface area is 159 Å². The van der Waals surface area contributed by atoms with Crippen molar-refractivity contribution in [1.82, 2.24) is 15.1 Å². The minimum absolute atomic E-state index is 0.0704. The van der Waals surface area contributed by atoms with Crippen LogP contribution in [0.25, 0.3) is 5.57 Å². The van der Waals surface area contributed by atoms with E-state index in [0.29, 0.717) is 5.92 Å². The van der Waals surface area contributed by atoms with Crippen molar-refractivity contribution in [3.05, 3.63) is 57.9 Å². The summed E-state index contributed by atoms with van der Waals surface area (Å²) >= 11 is 6.43. The molecule has 1 N–H and O–H groups in total. The van der Waals surface area contributed by atoms with Gasteiger partial charge in [0.15, 0.2) is 0 Å². The fourth-order valence-corrected chi connectivity index (χ4v) is 4.83. The first-order valence-corrected chi connectivity index (χ1v) is 9.85. The first kappa shape index (κ1) is 16.3. The van der Waals surface area contributed by atoms with Crippen LogP contribution in [-0.4, -0.2) is 28.2 Å². The number of allylic oxidation sites excluding steroid dienone is 1. The molecule has 0 spiro atoms. The molecule has 0 bridgehead atoms. The zero-order chi connectivity index (χ0) is 17.8. The molecule has 0 amide bonds. The van der Waals surface area contributed by atoms with E-state index in [9.17, 15) is 0 Å². The minimum Gasteiger partial charge on any atom is -0.364 e. The van der Waals surface area contributed by atoms with E-state index in [2.05, 4.69) is 33.1 Å². The third-order valence-electron chi connectivity index (χ3n) is 5.95. The number of aromatic nitrogens is 2. The van der Waals surface area contributed by atoms with Gasteiger partial charge in [-0.2, -0.15) is 10.2 Å². The Morgan fingerprint density at radius 3 is 2.85 bits per heavy atom. The summed E-state index contributed by atoms with van der Waals surface area (Å²) in [5.74, 6) is 0.435. The molecular formula is C21H23ClN4. The highest BCUT2D eigenvalue weighted by molar-refractivity contribution is 6.31. The lowest BCUT2D eigenvalue weighted by Gasteiger charge is -2.36.